The number of amides is 1. The maximum atomic E-state index is 12.4. The second-order valence-electron chi connectivity index (χ2n) is 5.07. The van der Waals surface area contributed by atoms with Crippen molar-refractivity contribution in [2.75, 3.05) is 10.6 Å². The normalized spacial score (nSPS) is 10.5. The fourth-order valence-corrected chi connectivity index (χ4v) is 2.31. The van der Waals surface area contributed by atoms with Crippen LogP contribution in [0.2, 0.25) is 10.0 Å². The van der Waals surface area contributed by atoms with Crippen LogP contribution in [0.25, 0.3) is 0 Å². The molecular formula is C16H13Cl2N5O. The van der Waals surface area contributed by atoms with Crippen LogP contribution in [-0.4, -0.2) is 21.3 Å². The molecule has 0 fully saturated rings. The Hall–Kier alpha value is -2.57. The number of aromatic amines is 1. The fraction of sp³-hybridized carbons (Fsp3) is 0.0625. The van der Waals surface area contributed by atoms with Gasteiger partial charge in [-0.05, 0) is 48.9 Å². The highest BCUT2D eigenvalue weighted by Crippen LogP contribution is 2.22. The molecule has 0 aliphatic rings. The molecule has 0 radical (unpaired) electrons. The van der Waals surface area contributed by atoms with Crippen molar-refractivity contribution in [1.29, 1.82) is 0 Å². The summed E-state index contributed by atoms with van der Waals surface area (Å²) >= 11 is 11.9. The van der Waals surface area contributed by atoms with Crippen LogP contribution >= 0.6 is 23.2 Å². The van der Waals surface area contributed by atoms with E-state index in [0.29, 0.717) is 21.6 Å². The number of halogens is 2. The number of nitrogens with one attached hydrogen (secondary N) is 3. The lowest BCUT2D eigenvalue weighted by molar-refractivity contribution is 0.102. The zero-order valence-corrected chi connectivity index (χ0v) is 14.1. The van der Waals surface area contributed by atoms with Gasteiger partial charge in [0.15, 0.2) is 11.5 Å². The van der Waals surface area contributed by atoms with Gasteiger partial charge in [-0.15, -0.1) is 10.2 Å². The molecular weight excluding hydrogens is 349 g/mol. The highest BCUT2D eigenvalue weighted by Gasteiger charge is 2.17. The summed E-state index contributed by atoms with van der Waals surface area (Å²) in [5.41, 5.74) is 2.39. The Labute approximate surface area is 148 Å². The zero-order chi connectivity index (χ0) is 17.1. The molecule has 0 aliphatic carbocycles. The van der Waals surface area contributed by atoms with Crippen molar-refractivity contribution >= 4 is 46.3 Å². The minimum Gasteiger partial charge on any atom is -0.337 e. The number of rotatable bonds is 4. The van der Waals surface area contributed by atoms with Gasteiger partial charge in [-0.2, -0.15) is 5.21 Å². The molecule has 0 saturated heterocycles. The summed E-state index contributed by atoms with van der Waals surface area (Å²) in [6.07, 6.45) is 0. The quantitative estimate of drug-likeness (QED) is 0.642. The predicted molar refractivity (Wildman–Crippen MR) is 95.3 cm³/mol. The Kier molecular flexibility index (Phi) is 4.69. The predicted octanol–water partition coefficient (Wildman–Crippen LogP) is 4.42. The standard InChI is InChI=1S/C16H13Cl2N5O/c1-9-2-5-12(8-13(9)18)20-16(24)14-15(22-23-21-14)19-11-6-3-10(17)4-7-11/h2-8H,1H3,(H,20,24)(H2,19,21,22,23). The van der Waals surface area contributed by atoms with Crippen molar-refractivity contribution in [3.63, 3.8) is 0 Å². The topological polar surface area (TPSA) is 82.7 Å². The third-order valence-electron chi connectivity index (χ3n) is 3.30. The number of hydrogen-bond donors (Lipinski definition) is 3. The molecule has 122 valence electrons. The Morgan fingerprint density at radius 2 is 1.75 bits per heavy atom. The van der Waals surface area contributed by atoms with E-state index in [1.807, 2.05) is 13.0 Å². The van der Waals surface area contributed by atoms with Gasteiger partial charge in [0.1, 0.15) is 0 Å². The van der Waals surface area contributed by atoms with Gasteiger partial charge >= 0.3 is 0 Å². The first-order chi connectivity index (χ1) is 11.5. The minimum absolute atomic E-state index is 0.140. The monoisotopic (exact) mass is 361 g/mol. The van der Waals surface area contributed by atoms with E-state index in [4.69, 9.17) is 23.2 Å². The van der Waals surface area contributed by atoms with Gasteiger partial charge in [0, 0.05) is 21.4 Å². The number of anilines is 3. The smallest absolute Gasteiger partial charge is 0.280 e. The third kappa shape index (κ3) is 3.67. The molecule has 1 amide bonds. The van der Waals surface area contributed by atoms with Gasteiger partial charge in [0.2, 0.25) is 0 Å². The van der Waals surface area contributed by atoms with E-state index in [1.165, 1.54) is 0 Å². The number of aryl methyl sites for hydroxylation is 1. The summed E-state index contributed by atoms with van der Waals surface area (Å²) in [5.74, 6) is -0.0897. The first kappa shape index (κ1) is 16.3. The van der Waals surface area contributed by atoms with Crippen molar-refractivity contribution in [1.82, 2.24) is 15.4 Å². The van der Waals surface area contributed by atoms with Crippen LogP contribution in [-0.2, 0) is 0 Å². The van der Waals surface area contributed by atoms with Crippen LogP contribution < -0.4 is 10.6 Å². The van der Waals surface area contributed by atoms with Crippen LogP contribution in [0, 0.1) is 6.92 Å². The zero-order valence-electron chi connectivity index (χ0n) is 12.6. The van der Waals surface area contributed by atoms with E-state index >= 15 is 0 Å². The Morgan fingerprint density at radius 3 is 2.46 bits per heavy atom. The van der Waals surface area contributed by atoms with Gasteiger partial charge in [-0.25, -0.2) is 0 Å². The molecule has 24 heavy (non-hydrogen) atoms. The van der Waals surface area contributed by atoms with Crippen LogP contribution in [0.15, 0.2) is 42.5 Å². The fourth-order valence-electron chi connectivity index (χ4n) is 2.01. The number of carbonyl (C=O) groups excluding carboxylic acids is 1. The summed E-state index contributed by atoms with van der Waals surface area (Å²) in [6, 6.07) is 12.3. The molecule has 0 aliphatic heterocycles. The molecule has 3 aromatic rings. The molecule has 1 aromatic heterocycles. The van der Waals surface area contributed by atoms with E-state index in [-0.39, 0.29) is 5.69 Å². The van der Waals surface area contributed by atoms with E-state index in [1.54, 1.807) is 36.4 Å². The van der Waals surface area contributed by atoms with Crippen LogP contribution in [0.3, 0.4) is 0 Å². The van der Waals surface area contributed by atoms with Crippen molar-refractivity contribution in [2.45, 2.75) is 6.92 Å². The SMILES string of the molecule is Cc1ccc(NC(=O)c2n[nH]nc2Nc2ccc(Cl)cc2)cc1Cl. The summed E-state index contributed by atoms with van der Waals surface area (Å²) in [7, 11) is 0. The van der Waals surface area contributed by atoms with Gasteiger partial charge in [0.25, 0.3) is 5.91 Å². The second-order valence-corrected chi connectivity index (χ2v) is 5.91. The van der Waals surface area contributed by atoms with Gasteiger partial charge < -0.3 is 10.6 Å². The van der Waals surface area contributed by atoms with Crippen LogP contribution in [0.5, 0.6) is 0 Å². The number of H-pyrrole nitrogens is 1. The number of nitrogens with zero attached hydrogens (tertiary/aromatic N) is 2. The highest BCUT2D eigenvalue weighted by molar-refractivity contribution is 6.31. The van der Waals surface area contributed by atoms with Crippen molar-refractivity contribution < 1.29 is 4.79 Å². The first-order valence-corrected chi connectivity index (χ1v) is 7.79. The molecule has 8 heteroatoms. The number of aromatic nitrogens is 3. The Bertz CT molecular complexity index is 876. The molecule has 0 unspecified atom stereocenters. The molecule has 0 spiro atoms. The summed E-state index contributed by atoms with van der Waals surface area (Å²) in [5, 5.41) is 17.3. The third-order valence-corrected chi connectivity index (χ3v) is 3.96. The Balaban J connectivity index is 1.77. The second kappa shape index (κ2) is 6.90. The number of benzene rings is 2. The molecule has 3 N–H and O–H groups in total. The molecule has 0 atom stereocenters. The lowest BCUT2D eigenvalue weighted by Crippen LogP contribution is -2.14. The van der Waals surface area contributed by atoms with Gasteiger partial charge in [0.05, 0.1) is 0 Å². The van der Waals surface area contributed by atoms with E-state index in [0.717, 1.165) is 11.3 Å². The first-order valence-electron chi connectivity index (χ1n) is 7.04. The van der Waals surface area contributed by atoms with Gasteiger partial charge in [-0.3, -0.25) is 4.79 Å². The molecule has 0 saturated carbocycles. The molecule has 6 nitrogen and oxygen atoms in total. The average molecular weight is 362 g/mol. The summed E-state index contributed by atoms with van der Waals surface area (Å²) in [4.78, 5) is 12.4. The maximum Gasteiger partial charge on any atom is 0.280 e. The minimum atomic E-state index is -0.403. The molecule has 3 rings (SSSR count). The largest absolute Gasteiger partial charge is 0.337 e. The van der Waals surface area contributed by atoms with E-state index in [9.17, 15) is 4.79 Å². The van der Waals surface area contributed by atoms with Crippen molar-refractivity contribution in [2.24, 2.45) is 0 Å². The van der Waals surface area contributed by atoms with Crippen molar-refractivity contribution in [3.05, 3.63) is 63.8 Å². The lowest BCUT2D eigenvalue weighted by Gasteiger charge is -2.07. The molecule has 1 heterocycles. The van der Waals surface area contributed by atoms with Crippen molar-refractivity contribution in [3.8, 4) is 0 Å². The molecule has 0 bridgehead atoms. The molecule has 2 aromatic carbocycles. The summed E-state index contributed by atoms with van der Waals surface area (Å²) in [6.45, 7) is 1.89. The summed E-state index contributed by atoms with van der Waals surface area (Å²) < 4.78 is 0. The number of hydrogen-bond acceptors (Lipinski definition) is 4. The van der Waals surface area contributed by atoms with E-state index in [2.05, 4.69) is 26.0 Å². The van der Waals surface area contributed by atoms with Crippen LogP contribution in [0.1, 0.15) is 16.1 Å². The van der Waals surface area contributed by atoms with E-state index < -0.39 is 5.91 Å². The maximum absolute atomic E-state index is 12.4. The number of carbonyl (C=O) groups is 1. The van der Waals surface area contributed by atoms with Crippen LogP contribution in [0.4, 0.5) is 17.2 Å². The highest BCUT2D eigenvalue weighted by atomic mass is 35.5. The Morgan fingerprint density at radius 1 is 1.04 bits per heavy atom. The van der Waals surface area contributed by atoms with Gasteiger partial charge in [-0.1, -0.05) is 29.3 Å². The average Bonchev–Trinajstić information content (AvgIpc) is 3.01. The lowest BCUT2D eigenvalue weighted by atomic mass is 10.2.